The zero-order valence-electron chi connectivity index (χ0n) is 24.4. The van der Waals surface area contributed by atoms with Gasteiger partial charge in [0, 0.05) is 61.8 Å². The molecule has 0 radical (unpaired) electrons. The van der Waals surface area contributed by atoms with Gasteiger partial charge in [0.25, 0.3) is 5.91 Å². The van der Waals surface area contributed by atoms with E-state index in [1.807, 2.05) is 18.2 Å². The van der Waals surface area contributed by atoms with Crippen molar-refractivity contribution < 1.29 is 14.4 Å². The van der Waals surface area contributed by atoms with E-state index in [1.54, 1.807) is 4.90 Å². The third-order valence-corrected chi connectivity index (χ3v) is 10.3. The van der Waals surface area contributed by atoms with Gasteiger partial charge in [-0.15, -0.1) is 0 Å². The molecule has 222 valence electrons. The van der Waals surface area contributed by atoms with E-state index in [0.717, 1.165) is 56.2 Å². The van der Waals surface area contributed by atoms with Crippen LogP contribution in [0, 0.1) is 0 Å². The summed E-state index contributed by atoms with van der Waals surface area (Å²) in [5.41, 5.74) is 6.73. The molecule has 0 bridgehead atoms. The molecule has 1 aliphatic carbocycles. The minimum atomic E-state index is -0.584. The second-order valence-corrected chi connectivity index (χ2v) is 12.9. The normalized spacial score (nSPS) is 22.6. The van der Waals surface area contributed by atoms with Crippen molar-refractivity contribution in [3.8, 4) is 11.1 Å². The number of carbonyl (C=O) groups is 3. The molecule has 0 spiro atoms. The Morgan fingerprint density at radius 2 is 1.60 bits per heavy atom. The number of benzene rings is 3. The predicted molar refractivity (Wildman–Crippen MR) is 166 cm³/mol. The van der Waals surface area contributed by atoms with E-state index in [4.69, 9.17) is 11.6 Å². The van der Waals surface area contributed by atoms with Gasteiger partial charge in [0.15, 0.2) is 0 Å². The smallest absolute Gasteiger partial charge is 0.255 e. The molecule has 3 fully saturated rings. The van der Waals surface area contributed by atoms with Crippen LogP contribution in [0.4, 0.5) is 0 Å². The van der Waals surface area contributed by atoms with Crippen molar-refractivity contribution in [1.82, 2.24) is 20.0 Å². The van der Waals surface area contributed by atoms with Gasteiger partial charge in [0.05, 0.1) is 0 Å². The molecule has 0 aromatic heterocycles. The van der Waals surface area contributed by atoms with E-state index >= 15 is 0 Å². The first-order valence-electron chi connectivity index (χ1n) is 15.5. The monoisotopic (exact) mass is 596 g/mol. The molecule has 3 aliphatic heterocycles. The van der Waals surface area contributed by atoms with Gasteiger partial charge in [-0.2, -0.15) is 0 Å². The number of hydrogen-bond donors (Lipinski definition) is 1. The minimum absolute atomic E-state index is 0.0204. The Kier molecular flexibility index (Phi) is 7.58. The molecule has 3 aromatic carbocycles. The summed E-state index contributed by atoms with van der Waals surface area (Å²) in [5.74, 6) is -0.732. The fourth-order valence-electron chi connectivity index (χ4n) is 7.76. The van der Waals surface area contributed by atoms with Crippen LogP contribution in [-0.4, -0.2) is 64.6 Å². The lowest BCUT2D eigenvalue weighted by Gasteiger charge is -2.46. The SMILES string of the molecule is O=C1CCC(N2Cc3cc(C4(N5CCN(Cc6ccccc6-c6ccc(Cl)cc6)CC5)CCCC4)ccc3C2=O)C(=O)N1. The van der Waals surface area contributed by atoms with Gasteiger partial charge in [-0.3, -0.25) is 29.5 Å². The Morgan fingerprint density at radius 1 is 0.860 bits per heavy atom. The maximum absolute atomic E-state index is 13.3. The highest BCUT2D eigenvalue weighted by molar-refractivity contribution is 6.30. The van der Waals surface area contributed by atoms with Crippen molar-refractivity contribution >= 4 is 29.3 Å². The zero-order chi connectivity index (χ0) is 29.6. The molecule has 2 saturated heterocycles. The van der Waals surface area contributed by atoms with Crippen LogP contribution in [0.5, 0.6) is 0 Å². The van der Waals surface area contributed by atoms with E-state index in [0.29, 0.717) is 18.5 Å². The average Bonchev–Trinajstić information content (AvgIpc) is 3.64. The summed E-state index contributed by atoms with van der Waals surface area (Å²) in [7, 11) is 0. The van der Waals surface area contributed by atoms with Gasteiger partial charge in [0.1, 0.15) is 6.04 Å². The average molecular weight is 597 g/mol. The maximum atomic E-state index is 13.3. The quantitative estimate of drug-likeness (QED) is 0.388. The number of piperazine rings is 1. The van der Waals surface area contributed by atoms with Crippen LogP contribution in [0.25, 0.3) is 11.1 Å². The molecule has 1 unspecified atom stereocenters. The molecule has 1 N–H and O–H groups in total. The van der Waals surface area contributed by atoms with Crippen molar-refractivity contribution in [3.05, 3.63) is 94.0 Å². The third kappa shape index (κ3) is 5.28. The summed E-state index contributed by atoms with van der Waals surface area (Å²) < 4.78 is 0. The number of nitrogens with zero attached hydrogens (tertiary/aromatic N) is 3. The van der Waals surface area contributed by atoms with E-state index in [2.05, 4.69) is 63.6 Å². The summed E-state index contributed by atoms with van der Waals surface area (Å²) in [4.78, 5) is 44.4. The number of hydrogen-bond acceptors (Lipinski definition) is 5. The number of fused-ring (bicyclic) bond motifs is 1. The number of carbonyl (C=O) groups excluding carboxylic acids is 3. The van der Waals surface area contributed by atoms with Crippen LogP contribution in [0.2, 0.25) is 5.02 Å². The van der Waals surface area contributed by atoms with Crippen LogP contribution in [0.15, 0.2) is 66.7 Å². The summed E-state index contributed by atoms with van der Waals surface area (Å²) in [6.07, 6.45) is 5.30. The fraction of sp³-hybridized carbons (Fsp3) is 0.400. The molecule has 8 heteroatoms. The molecule has 3 amide bonds. The number of halogens is 1. The Bertz CT molecular complexity index is 1560. The van der Waals surface area contributed by atoms with E-state index in [-0.39, 0.29) is 29.7 Å². The number of amides is 3. The summed E-state index contributed by atoms with van der Waals surface area (Å²) in [6.45, 7) is 5.35. The number of nitrogens with one attached hydrogen (secondary N) is 1. The van der Waals surface area contributed by atoms with Crippen molar-refractivity contribution in [3.63, 3.8) is 0 Å². The summed E-state index contributed by atoms with van der Waals surface area (Å²) in [5, 5.41) is 3.15. The lowest BCUT2D eigenvalue weighted by molar-refractivity contribution is -0.136. The number of piperidine rings is 1. The molecular weight excluding hydrogens is 560 g/mol. The largest absolute Gasteiger partial charge is 0.322 e. The molecule has 7 nitrogen and oxygen atoms in total. The molecule has 3 heterocycles. The van der Waals surface area contributed by atoms with E-state index < -0.39 is 6.04 Å². The topological polar surface area (TPSA) is 73.0 Å². The van der Waals surface area contributed by atoms with E-state index in [1.165, 1.54) is 35.1 Å². The molecule has 1 saturated carbocycles. The highest BCUT2D eigenvalue weighted by Crippen LogP contribution is 2.45. The lowest BCUT2D eigenvalue weighted by atomic mass is 9.84. The van der Waals surface area contributed by atoms with Crippen LogP contribution in [0.3, 0.4) is 0 Å². The number of rotatable bonds is 6. The summed E-state index contributed by atoms with van der Waals surface area (Å²) >= 11 is 6.15. The Balaban J connectivity index is 1.06. The Morgan fingerprint density at radius 3 is 2.35 bits per heavy atom. The molecule has 7 rings (SSSR count). The lowest BCUT2D eigenvalue weighted by Crippen LogP contribution is -2.54. The third-order valence-electron chi connectivity index (χ3n) is 10.0. The van der Waals surface area contributed by atoms with Gasteiger partial charge in [-0.1, -0.05) is 73.0 Å². The second kappa shape index (κ2) is 11.5. The first kappa shape index (κ1) is 28.3. The predicted octanol–water partition coefficient (Wildman–Crippen LogP) is 5.36. The molecule has 43 heavy (non-hydrogen) atoms. The van der Waals surface area contributed by atoms with Crippen LogP contribution in [0.1, 0.15) is 65.6 Å². The van der Waals surface area contributed by atoms with Gasteiger partial charge in [-0.25, -0.2) is 0 Å². The molecular formula is C35H37ClN4O3. The Hall–Kier alpha value is -3.52. The molecule has 3 aromatic rings. The van der Waals surface area contributed by atoms with Crippen LogP contribution >= 0.6 is 11.6 Å². The first-order chi connectivity index (χ1) is 20.9. The van der Waals surface area contributed by atoms with Gasteiger partial charge in [-0.05, 0) is 65.3 Å². The van der Waals surface area contributed by atoms with Gasteiger partial charge < -0.3 is 4.90 Å². The minimum Gasteiger partial charge on any atom is -0.322 e. The van der Waals surface area contributed by atoms with Crippen molar-refractivity contribution in [2.45, 2.75) is 63.2 Å². The standard InChI is InChI=1S/C35H37ClN4O3/c36-28-10-7-24(8-11-28)29-6-2-1-5-25(29)22-38-17-19-39(20-18-38)35(15-3-4-16-35)27-9-12-30-26(21-27)23-40(34(30)43)31-13-14-32(41)37-33(31)42/h1-2,5-12,21,31H,3-4,13-20,22-23H2,(H,37,41,42). The van der Waals surface area contributed by atoms with Crippen LogP contribution < -0.4 is 5.32 Å². The zero-order valence-corrected chi connectivity index (χ0v) is 25.1. The fourth-order valence-corrected chi connectivity index (χ4v) is 7.88. The summed E-state index contributed by atoms with van der Waals surface area (Å²) in [6, 6.07) is 22.5. The van der Waals surface area contributed by atoms with E-state index in [9.17, 15) is 14.4 Å². The highest BCUT2D eigenvalue weighted by atomic mass is 35.5. The second-order valence-electron chi connectivity index (χ2n) is 12.4. The molecule has 4 aliphatic rings. The van der Waals surface area contributed by atoms with Crippen molar-refractivity contribution in [2.24, 2.45) is 0 Å². The maximum Gasteiger partial charge on any atom is 0.255 e. The van der Waals surface area contributed by atoms with Crippen molar-refractivity contribution in [2.75, 3.05) is 26.2 Å². The van der Waals surface area contributed by atoms with Crippen molar-refractivity contribution in [1.29, 1.82) is 0 Å². The highest BCUT2D eigenvalue weighted by Gasteiger charge is 2.44. The van der Waals surface area contributed by atoms with Gasteiger partial charge in [0.2, 0.25) is 11.8 Å². The first-order valence-corrected chi connectivity index (χ1v) is 15.9. The Labute approximate surface area is 257 Å². The van der Waals surface area contributed by atoms with Gasteiger partial charge >= 0.3 is 0 Å². The number of imide groups is 1. The van der Waals surface area contributed by atoms with Crippen LogP contribution in [-0.2, 0) is 28.2 Å². The molecule has 1 atom stereocenters.